The highest BCUT2D eigenvalue weighted by molar-refractivity contribution is 7.09. The van der Waals surface area contributed by atoms with Crippen molar-refractivity contribution in [1.82, 2.24) is 15.2 Å². The van der Waals surface area contributed by atoms with Crippen LogP contribution >= 0.6 is 11.3 Å². The SMILES string of the molecule is COc1cccc(OC)c1OCc1nc(CNCCN2CCOCC2)cs1. The van der Waals surface area contributed by atoms with Crippen LogP contribution < -0.4 is 19.5 Å². The van der Waals surface area contributed by atoms with E-state index in [4.69, 9.17) is 18.9 Å². The van der Waals surface area contributed by atoms with Crippen molar-refractivity contribution in [2.75, 3.05) is 53.6 Å². The van der Waals surface area contributed by atoms with Gasteiger partial charge >= 0.3 is 0 Å². The first kappa shape index (κ1) is 19.9. The maximum Gasteiger partial charge on any atom is 0.203 e. The summed E-state index contributed by atoms with van der Waals surface area (Å²) in [6.45, 7) is 6.85. The number of rotatable bonds is 10. The van der Waals surface area contributed by atoms with E-state index in [1.807, 2.05) is 18.2 Å². The maximum absolute atomic E-state index is 5.91. The van der Waals surface area contributed by atoms with E-state index in [1.165, 1.54) is 0 Å². The molecular weight excluding hydrogens is 366 g/mol. The Bertz CT molecular complexity index is 682. The van der Waals surface area contributed by atoms with Crippen LogP contribution in [0.25, 0.3) is 0 Å². The van der Waals surface area contributed by atoms with Crippen LogP contribution in [-0.2, 0) is 17.9 Å². The fourth-order valence-corrected chi connectivity index (χ4v) is 3.57. The second kappa shape index (κ2) is 10.5. The lowest BCUT2D eigenvalue weighted by atomic mass is 10.3. The minimum Gasteiger partial charge on any atom is -0.493 e. The molecule has 0 saturated carbocycles. The van der Waals surface area contributed by atoms with Crippen molar-refractivity contribution in [2.45, 2.75) is 13.2 Å². The molecule has 1 fully saturated rings. The predicted octanol–water partition coefficient (Wildman–Crippen LogP) is 2.16. The maximum atomic E-state index is 5.91. The largest absolute Gasteiger partial charge is 0.493 e. The molecule has 8 heteroatoms. The van der Waals surface area contributed by atoms with Gasteiger partial charge in [0.2, 0.25) is 5.75 Å². The fourth-order valence-electron chi connectivity index (χ4n) is 2.87. The number of methoxy groups -OCH3 is 2. The number of para-hydroxylation sites is 1. The van der Waals surface area contributed by atoms with E-state index in [2.05, 4.69) is 20.6 Å². The molecule has 0 unspecified atom stereocenters. The van der Waals surface area contributed by atoms with Gasteiger partial charge in [0.25, 0.3) is 0 Å². The van der Waals surface area contributed by atoms with Crippen molar-refractivity contribution in [3.63, 3.8) is 0 Å². The third-order valence-corrected chi connectivity index (χ3v) is 5.21. The summed E-state index contributed by atoms with van der Waals surface area (Å²) in [5.74, 6) is 1.90. The lowest BCUT2D eigenvalue weighted by molar-refractivity contribution is 0.0384. The van der Waals surface area contributed by atoms with Crippen molar-refractivity contribution in [3.8, 4) is 17.2 Å². The number of aromatic nitrogens is 1. The number of thiazole rings is 1. The molecule has 1 aliphatic heterocycles. The van der Waals surface area contributed by atoms with Gasteiger partial charge < -0.3 is 24.3 Å². The van der Waals surface area contributed by atoms with Gasteiger partial charge in [0.15, 0.2) is 11.5 Å². The molecule has 1 aromatic heterocycles. The molecule has 0 bridgehead atoms. The molecular formula is C19H27N3O4S. The highest BCUT2D eigenvalue weighted by Gasteiger charge is 2.13. The van der Waals surface area contributed by atoms with E-state index >= 15 is 0 Å². The van der Waals surface area contributed by atoms with E-state index in [0.717, 1.165) is 56.6 Å². The van der Waals surface area contributed by atoms with Crippen LogP contribution in [0.1, 0.15) is 10.7 Å². The molecule has 27 heavy (non-hydrogen) atoms. The summed E-state index contributed by atoms with van der Waals surface area (Å²) in [4.78, 5) is 7.05. The molecule has 1 N–H and O–H groups in total. The van der Waals surface area contributed by atoms with Crippen LogP contribution in [0.3, 0.4) is 0 Å². The molecule has 0 aliphatic carbocycles. The van der Waals surface area contributed by atoms with Crippen LogP contribution in [-0.4, -0.2) is 63.5 Å². The van der Waals surface area contributed by atoms with Crippen LogP contribution in [0, 0.1) is 0 Å². The smallest absolute Gasteiger partial charge is 0.203 e. The summed E-state index contributed by atoms with van der Waals surface area (Å²) in [5.41, 5.74) is 1.03. The molecule has 2 aromatic rings. The number of nitrogens with one attached hydrogen (secondary N) is 1. The molecule has 3 rings (SSSR count). The zero-order valence-electron chi connectivity index (χ0n) is 15.9. The number of ether oxygens (including phenoxy) is 4. The Labute approximate surface area is 164 Å². The van der Waals surface area contributed by atoms with Crippen molar-refractivity contribution < 1.29 is 18.9 Å². The molecule has 0 amide bonds. The summed E-state index contributed by atoms with van der Waals surface area (Å²) in [5, 5.41) is 6.45. The highest BCUT2D eigenvalue weighted by atomic mass is 32.1. The van der Waals surface area contributed by atoms with Gasteiger partial charge in [-0.25, -0.2) is 4.98 Å². The zero-order valence-corrected chi connectivity index (χ0v) is 16.7. The van der Waals surface area contributed by atoms with Crippen molar-refractivity contribution in [3.05, 3.63) is 34.3 Å². The van der Waals surface area contributed by atoms with Gasteiger partial charge in [0.05, 0.1) is 33.1 Å². The second-order valence-electron chi connectivity index (χ2n) is 6.14. The monoisotopic (exact) mass is 393 g/mol. The van der Waals surface area contributed by atoms with Gasteiger partial charge in [-0.1, -0.05) is 6.07 Å². The Kier molecular flexibility index (Phi) is 7.70. The predicted molar refractivity (Wildman–Crippen MR) is 105 cm³/mol. The molecule has 148 valence electrons. The Morgan fingerprint density at radius 2 is 1.93 bits per heavy atom. The third-order valence-electron chi connectivity index (χ3n) is 4.34. The standard InChI is InChI=1S/C19H27N3O4S/c1-23-16-4-3-5-17(24-2)19(16)26-13-18-21-15(14-27-18)12-20-6-7-22-8-10-25-11-9-22/h3-5,14,20H,6-13H2,1-2H3. The van der Waals surface area contributed by atoms with Crippen molar-refractivity contribution in [2.24, 2.45) is 0 Å². The average molecular weight is 394 g/mol. The first-order chi connectivity index (χ1) is 13.3. The Hall–Kier alpha value is -1.87. The number of benzene rings is 1. The summed E-state index contributed by atoms with van der Waals surface area (Å²) < 4.78 is 22.0. The van der Waals surface area contributed by atoms with E-state index in [0.29, 0.717) is 23.9 Å². The van der Waals surface area contributed by atoms with Crippen LogP contribution in [0.2, 0.25) is 0 Å². The minimum atomic E-state index is 0.384. The molecule has 1 saturated heterocycles. The molecule has 1 aliphatic rings. The lowest BCUT2D eigenvalue weighted by Crippen LogP contribution is -2.40. The van der Waals surface area contributed by atoms with Gasteiger partial charge in [0, 0.05) is 38.1 Å². The van der Waals surface area contributed by atoms with E-state index in [-0.39, 0.29) is 0 Å². The molecule has 2 heterocycles. The van der Waals surface area contributed by atoms with Gasteiger partial charge in [-0.05, 0) is 12.1 Å². The normalized spacial score (nSPS) is 14.9. The number of hydrogen-bond acceptors (Lipinski definition) is 8. The average Bonchev–Trinajstić information content (AvgIpc) is 3.18. The Balaban J connectivity index is 1.44. The van der Waals surface area contributed by atoms with Crippen molar-refractivity contribution in [1.29, 1.82) is 0 Å². The summed E-state index contributed by atoms with van der Waals surface area (Å²) >= 11 is 1.60. The molecule has 0 spiro atoms. The van der Waals surface area contributed by atoms with Crippen LogP contribution in [0.5, 0.6) is 17.2 Å². The van der Waals surface area contributed by atoms with Gasteiger partial charge in [-0.15, -0.1) is 11.3 Å². The van der Waals surface area contributed by atoms with Gasteiger partial charge in [0.1, 0.15) is 11.6 Å². The first-order valence-corrected chi connectivity index (χ1v) is 9.96. The number of morpholine rings is 1. The fraction of sp³-hybridized carbons (Fsp3) is 0.526. The zero-order chi connectivity index (χ0) is 18.9. The van der Waals surface area contributed by atoms with E-state index < -0.39 is 0 Å². The number of nitrogens with zero attached hydrogens (tertiary/aromatic N) is 2. The van der Waals surface area contributed by atoms with Crippen molar-refractivity contribution >= 4 is 11.3 Å². The lowest BCUT2D eigenvalue weighted by Gasteiger charge is -2.26. The molecule has 0 atom stereocenters. The molecule has 0 radical (unpaired) electrons. The minimum absolute atomic E-state index is 0.384. The van der Waals surface area contributed by atoms with E-state index in [1.54, 1.807) is 25.6 Å². The quantitative estimate of drug-likeness (QED) is 0.621. The third kappa shape index (κ3) is 5.80. The molecule has 7 nitrogen and oxygen atoms in total. The first-order valence-electron chi connectivity index (χ1n) is 9.08. The number of hydrogen-bond donors (Lipinski definition) is 1. The van der Waals surface area contributed by atoms with Gasteiger partial charge in [-0.2, -0.15) is 0 Å². The van der Waals surface area contributed by atoms with Gasteiger partial charge in [-0.3, -0.25) is 4.90 Å². The Morgan fingerprint density at radius 3 is 2.63 bits per heavy atom. The summed E-state index contributed by atoms with van der Waals surface area (Å²) in [6, 6.07) is 5.57. The second-order valence-corrected chi connectivity index (χ2v) is 7.09. The summed E-state index contributed by atoms with van der Waals surface area (Å²) in [7, 11) is 3.23. The van der Waals surface area contributed by atoms with E-state index in [9.17, 15) is 0 Å². The van der Waals surface area contributed by atoms with Crippen LogP contribution in [0.15, 0.2) is 23.6 Å². The molecule has 1 aromatic carbocycles. The highest BCUT2D eigenvalue weighted by Crippen LogP contribution is 2.37. The topological polar surface area (TPSA) is 65.1 Å². The Morgan fingerprint density at radius 1 is 1.19 bits per heavy atom. The summed E-state index contributed by atoms with van der Waals surface area (Å²) in [6.07, 6.45) is 0. The van der Waals surface area contributed by atoms with Crippen LogP contribution in [0.4, 0.5) is 0 Å².